The summed E-state index contributed by atoms with van der Waals surface area (Å²) in [5, 5.41) is 7.89. The minimum atomic E-state index is -0.0559. The van der Waals surface area contributed by atoms with Gasteiger partial charge in [-0.25, -0.2) is 9.48 Å². The van der Waals surface area contributed by atoms with E-state index in [4.69, 9.17) is 0 Å². The fourth-order valence-corrected chi connectivity index (χ4v) is 2.95. The van der Waals surface area contributed by atoms with Gasteiger partial charge in [-0.15, -0.1) is 5.10 Å². The number of hydrogen-bond acceptors (Lipinski definition) is 3. The summed E-state index contributed by atoms with van der Waals surface area (Å²) < 4.78 is 3.13. The van der Waals surface area contributed by atoms with Crippen LogP contribution in [0.15, 0.2) is 29.2 Å². The Labute approximate surface area is 118 Å². The molecule has 1 fully saturated rings. The quantitative estimate of drug-likeness (QED) is 0.922. The highest BCUT2D eigenvalue weighted by Gasteiger charge is 2.17. The van der Waals surface area contributed by atoms with Crippen LogP contribution in [0.4, 0.5) is 0 Å². The van der Waals surface area contributed by atoms with E-state index in [9.17, 15) is 4.79 Å². The monoisotopic (exact) mass is 274 g/mol. The predicted octanol–water partition coefficient (Wildman–Crippen LogP) is 1.66. The molecule has 0 atom stereocenters. The molecule has 20 heavy (non-hydrogen) atoms. The van der Waals surface area contributed by atoms with Crippen LogP contribution in [0.1, 0.15) is 32.6 Å². The van der Waals surface area contributed by atoms with Gasteiger partial charge in [0.25, 0.3) is 0 Å². The van der Waals surface area contributed by atoms with E-state index in [-0.39, 0.29) is 5.69 Å². The molecule has 1 aliphatic rings. The molecule has 0 aromatic carbocycles. The second-order valence-corrected chi connectivity index (χ2v) is 5.85. The Balaban J connectivity index is 1.57. The zero-order valence-corrected chi connectivity index (χ0v) is 12.0. The molecular weight excluding hydrogens is 252 g/mol. The first-order valence-corrected chi connectivity index (χ1v) is 7.51. The van der Waals surface area contributed by atoms with E-state index in [1.165, 1.54) is 25.7 Å². The van der Waals surface area contributed by atoms with Crippen LogP contribution >= 0.6 is 0 Å². The lowest BCUT2D eigenvalue weighted by Crippen LogP contribution is -2.36. The van der Waals surface area contributed by atoms with Crippen LogP contribution in [0.2, 0.25) is 0 Å². The lowest BCUT2D eigenvalue weighted by molar-refractivity contribution is 0.303. The average molecular weight is 274 g/mol. The number of hydrogen-bond donors (Lipinski definition) is 1. The molecule has 2 aromatic heterocycles. The highest BCUT2D eigenvalue weighted by atomic mass is 16.2. The molecule has 0 radical (unpaired) electrons. The molecule has 5 nitrogen and oxygen atoms in total. The summed E-state index contributed by atoms with van der Waals surface area (Å²) in [5.74, 6) is 0.870. The maximum atomic E-state index is 12.1. The Hall–Kier alpha value is -1.62. The predicted molar refractivity (Wildman–Crippen MR) is 78.9 cm³/mol. The fraction of sp³-hybridized carbons (Fsp3) is 0.600. The van der Waals surface area contributed by atoms with Gasteiger partial charge < -0.3 is 5.32 Å². The Bertz CT molecular complexity index is 622. The smallest absolute Gasteiger partial charge is 0.312 e. The Morgan fingerprint density at radius 3 is 2.85 bits per heavy atom. The molecule has 1 aliphatic carbocycles. The van der Waals surface area contributed by atoms with Crippen LogP contribution in [0.25, 0.3) is 5.65 Å². The largest absolute Gasteiger partial charge is 0.350 e. The van der Waals surface area contributed by atoms with Crippen molar-refractivity contribution in [1.29, 1.82) is 0 Å². The molecule has 2 aromatic rings. The molecular formula is C15H22N4O. The second-order valence-electron chi connectivity index (χ2n) is 5.85. The summed E-state index contributed by atoms with van der Waals surface area (Å²) in [6.45, 7) is 3.77. The molecule has 108 valence electrons. The number of rotatable bonds is 4. The number of nitrogens with one attached hydrogen (secondary N) is 1. The van der Waals surface area contributed by atoms with Gasteiger partial charge in [0, 0.05) is 18.8 Å². The Kier molecular flexibility index (Phi) is 3.87. The maximum Gasteiger partial charge on any atom is 0.350 e. The molecule has 0 bridgehead atoms. The van der Waals surface area contributed by atoms with Gasteiger partial charge in [0.05, 0.1) is 6.54 Å². The summed E-state index contributed by atoms with van der Waals surface area (Å²) in [6, 6.07) is 6.21. The van der Waals surface area contributed by atoms with E-state index in [2.05, 4.69) is 17.3 Å². The van der Waals surface area contributed by atoms with E-state index in [0.717, 1.165) is 12.5 Å². The van der Waals surface area contributed by atoms with E-state index >= 15 is 0 Å². The van der Waals surface area contributed by atoms with Crippen molar-refractivity contribution in [2.75, 3.05) is 6.54 Å². The van der Waals surface area contributed by atoms with Crippen LogP contribution in [-0.4, -0.2) is 26.8 Å². The van der Waals surface area contributed by atoms with E-state index in [1.807, 2.05) is 18.2 Å². The van der Waals surface area contributed by atoms with Gasteiger partial charge in [0.1, 0.15) is 0 Å². The minimum Gasteiger partial charge on any atom is -0.312 e. The average Bonchev–Trinajstić information content (AvgIpc) is 2.78. The van der Waals surface area contributed by atoms with Crippen molar-refractivity contribution >= 4 is 5.65 Å². The molecule has 5 heteroatoms. The van der Waals surface area contributed by atoms with E-state index in [0.29, 0.717) is 18.2 Å². The lowest BCUT2D eigenvalue weighted by Gasteiger charge is -2.26. The van der Waals surface area contributed by atoms with Gasteiger partial charge in [-0.2, -0.15) is 0 Å². The third kappa shape index (κ3) is 2.77. The molecule has 2 heterocycles. The molecule has 0 spiro atoms. The normalized spacial score (nSPS) is 23.2. The topological polar surface area (TPSA) is 51.3 Å². The van der Waals surface area contributed by atoms with Crippen LogP contribution in [-0.2, 0) is 6.54 Å². The summed E-state index contributed by atoms with van der Waals surface area (Å²) in [7, 11) is 0. The highest BCUT2D eigenvalue weighted by Crippen LogP contribution is 2.23. The molecule has 1 N–H and O–H groups in total. The highest BCUT2D eigenvalue weighted by molar-refractivity contribution is 5.35. The first-order chi connectivity index (χ1) is 9.74. The van der Waals surface area contributed by atoms with E-state index < -0.39 is 0 Å². The number of nitrogens with zero attached hydrogens (tertiary/aromatic N) is 3. The molecule has 0 aliphatic heterocycles. The first-order valence-electron chi connectivity index (χ1n) is 7.51. The molecule has 0 unspecified atom stereocenters. The van der Waals surface area contributed by atoms with Crippen LogP contribution in [0, 0.1) is 5.92 Å². The second kappa shape index (κ2) is 5.79. The third-order valence-electron chi connectivity index (χ3n) is 4.26. The van der Waals surface area contributed by atoms with Gasteiger partial charge in [-0.3, -0.25) is 4.40 Å². The minimum absolute atomic E-state index is 0.0559. The van der Waals surface area contributed by atoms with Crippen molar-refractivity contribution in [2.24, 2.45) is 5.92 Å². The summed E-state index contributed by atoms with van der Waals surface area (Å²) in [6.07, 6.45) is 6.89. The molecule has 3 rings (SSSR count). The van der Waals surface area contributed by atoms with Gasteiger partial charge in [0.15, 0.2) is 5.65 Å². The maximum absolute atomic E-state index is 12.1. The lowest BCUT2D eigenvalue weighted by atomic mass is 9.87. The SMILES string of the molecule is CC1CCC(NCCn2nc3ccccn3c2=O)CC1. The zero-order valence-electron chi connectivity index (χ0n) is 12.0. The van der Waals surface area contributed by atoms with Gasteiger partial charge >= 0.3 is 5.69 Å². The molecule has 0 amide bonds. The van der Waals surface area contributed by atoms with Crippen molar-refractivity contribution in [3.05, 3.63) is 34.9 Å². The van der Waals surface area contributed by atoms with Crippen molar-refractivity contribution < 1.29 is 0 Å². The fourth-order valence-electron chi connectivity index (χ4n) is 2.95. The van der Waals surface area contributed by atoms with Crippen LogP contribution in [0.5, 0.6) is 0 Å². The van der Waals surface area contributed by atoms with Gasteiger partial charge in [-0.05, 0) is 43.7 Å². The number of fused-ring (bicyclic) bond motifs is 1. The third-order valence-corrected chi connectivity index (χ3v) is 4.26. The molecule has 1 saturated carbocycles. The summed E-state index contributed by atoms with van der Waals surface area (Å²) in [4.78, 5) is 12.1. The van der Waals surface area contributed by atoms with Crippen molar-refractivity contribution in [1.82, 2.24) is 19.5 Å². The first kappa shape index (κ1) is 13.4. The van der Waals surface area contributed by atoms with Crippen LogP contribution in [0.3, 0.4) is 0 Å². The zero-order chi connectivity index (χ0) is 13.9. The standard InChI is InChI=1S/C15H22N4O/c1-12-5-7-13(8-6-12)16-9-11-19-15(20)18-10-3-2-4-14(18)17-19/h2-4,10,12-13,16H,5-9,11H2,1H3. The Morgan fingerprint density at radius 1 is 1.30 bits per heavy atom. The number of aromatic nitrogens is 3. The van der Waals surface area contributed by atoms with Gasteiger partial charge in [0.2, 0.25) is 0 Å². The van der Waals surface area contributed by atoms with Crippen molar-refractivity contribution in [3.8, 4) is 0 Å². The number of pyridine rings is 1. The summed E-state index contributed by atoms with van der Waals surface area (Å²) >= 11 is 0. The van der Waals surface area contributed by atoms with Crippen molar-refractivity contribution in [2.45, 2.75) is 45.2 Å². The van der Waals surface area contributed by atoms with E-state index in [1.54, 1.807) is 15.3 Å². The van der Waals surface area contributed by atoms with Crippen molar-refractivity contribution in [3.63, 3.8) is 0 Å². The molecule has 0 saturated heterocycles. The van der Waals surface area contributed by atoms with Crippen LogP contribution < -0.4 is 11.0 Å². The Morgan fingerprint density at radius 2 is 2.10 bits per heavy atom. The van der Waals surface area contributed by atoms with Gasteiger partial charge in [-0.1, -0.05) is 13.0 Å². The summed E-state index contributed by atoms with van der Waals surface area (Å²) in [5.41, 5.74) is 0.656.